The molecule has 0 N–H and O–H groups in total. The molecular weight excluding hydrogens is 370 g/mol. The third-order valence-electron chi connectivity index (χ3n) is 5.64. The van der Waals surface area contributed by atoms with Crippen molar-refractivity contribution in [3.8, 4) is 5.88 Å². The first-order valence-electron chi connectivity index (χ1n) is 9.98. The third-order valence-corrected chi connectivity index (χ3v) is 5.64. The van der Waals surface area contributed by atoms with Crippen molar-refractivity contribution in [2.45, 2.75) is 45.2 Å². The Morgan fingerprint density at radius 1 is 1.14 bits per heavy atom. The van der Waals surface area contributed by atoms with Crippen LogP contribution in [0.2, 0.25) is 0 Å². The van der Waals surface area contributed by atoms with Gasteiger partial charge in [-0.1, -0.05) is 0 Å². The van der Waals surface area contributed by atoms with Gasteiger partial charge in [-0.05, 0) is 25.3 Å². The molecule has 1 saturated heterocycles. The zero-order chi connectivity index (χ0) is 20.4. The Morgan fingerprint density at radius 2 is 2.00 bits per heavy atom. The number of amides is 2. The highest BCUT2D eigenvalue weighted by atomic mass is 16.5. The van der Waals surface area contributed by atoms with Crippen molar-refractivity contribution in [1.29, 1.82) is 0 Å². The summed E-state index contributed by atoms with van der Waals surface area (Å²) in [6, 6.07) is 3.37. The number of piperidine rings is 1. The lowest BCUT2D eigenvalue weighted by Gasteiger charge is -2.35. The highest BCUT2D eigenvalue weighted by Crippen LogP contribution is 2.30. The van der Waals surface area contributed by atoms with Crippen molar-refractivity contribution in [2.24, 2.45) is 0 Å². The number of carbonyl (C=O) groups excluding carboxylic acids is 2. The molecule has 8 nitrogen and oxygen atoms in total. The number of nitrogens with zero attached hydrogens (tertiary/aromatic N) is 5. The molecule has 4 heterocycles. The van der Waals surface area contributed by atoms with Crippen LogP contribution in [0.1, 0.15) is 59.7 Å². The summed E-state index contributed by atoms with van der Waals surface area (Å²) in [7, 11) is 1.54. The van der Waals surface area contributed by atoms with Gasteiger partial charge in [-0.3, -0.25) is 9.59 Å². The predicted octanol–water partition coefficient (Wildman–Crippen LogP) is 2.15. The summed E-state index contributed by atoms with van der Waals surface area (Å²) < 4.78 is 5.05. The van der Waals surface area contributed by atoms with Crippen molar-refractivity contribution in [3.63, 3.8) is 0 Å². The maximum Gasteiger partial charge on any atom is 0.255 e. The maximum absolute atomic E-state index is 12.8. The summed E-state index contributed by atoms with van der Waals surface area (Å²) in [4.78, 5) is 41.9. The number of hydrogen-bond donors (Lipinski definition) is 0. The predicted molar refractivity (Wildman–Crippen MR) is 105 cm³/mol. The number of ether oxygens (including phenoxy) is 1. The van der Waals surface area contributed by atoms with E-state index in [0.29, 0.717) is 31.0 Å². The Hall–Kier alpha value is -3.03. The van der Waals surface area contributed by atoms with Gasteiger partial charge < -0.3 is 14.5 Å². The summed E-state index contributed by atoms with van der Waals surface area (Å²) in [5.74, 6) is 1.21. The van der Waals surface area contributed by atoms with Crippen LogP contribution < -0.4 is 4.74 Å². The van der Waals surface area contributed by atoms with Crippen LogP contribution in [-0.2, 0) is 17.8 Å². The molecule has 29 heavy (non-hydrogen) atoms. The van der Waals surface area contributed by atoms with Crippen LogP contribution in [0, 0.1) is 0 Å². The van der Waals surface area contributed by atoms with Crippen LogP contribution in [0.5, 0.6) is 5.88 Å². The van der Waals surface area contributed by atoms with Crippen LogP contribution in [-0.4, -0.2) is 56.8 Å². The summed E-state index contributed by atoms with van der Waals surface area (Å²) >= 11 is 0. The second kappa shape index (κ2) is 8.14. The van der Waals surface area contributed by atoms with Crippen LogP contribution in [0.3, 0.4) is 0 Å². The molecule has 2 aromatic heterocycles. The van der Waals surface area contributed by atoms with Gasteiger partial charge in [0.2, 0.25) is 11.8 Å². The first kappa shape index (κ1) is 19.3. The number of aromatic nitrogens is 3. The van der Waals surface area contributed by atoms with Gasteiger partial charge in [-0.15, -0.1) is 0 Å². The highest BCUT2D eigenvalue weighted by Gasteiger charge is 2.30. The maximum atomic E-state index is 12.8. The number of pyridine rings is 1. The monoisotopic (exact) mass is 395 g/mol. The van der Waals surface area contributed by atoms with Gasteiger partial charge in [0.25, 0.3) is 5.91 Å². The summed E-state index contributed by atoms with van der Waals surface area (Å²) in [5, 5.41) is 0. The van der Waals surface area contributed by atoms with Crippen molar-refractivity contribution in [3.05, 3.63) is 47.2 Å². The average Bonchev–Trinajstić information content (AvgIpc) is 2.78. The van der Waals surface area contributed by atoms with Gasteiger partial charge in [-0.25, -0.2) is 15.0 Å². The minimum atomic E-state index is -0.0649. The molecule has 2 amide bonds. The van der Waals surface area contributed by atoms with E-state index in [0.717, 1.165) is 42.9 Å². The van der Waals surface area contributed by atoms with E-state index in [-0.39, 0.29) is 17.9 Å². The van der Waals surface area contributed by atoms with E-state index in [1.807, 2.05) is 11.1 Å². The molecule has 0 aliphatic carbocycles. The molecule has 1 fully saturated rings. The van der Waals surface area contributed by atoms with Crippen molar-refractivity contribution in [1.82, 2.24) is 24.8 Å². The van der Waals surface area contributed by atoms with Crippen molar-refractivity contribution < 1.29 is 14.3 Å². The number of fused-ring (bicyclic) bond motifs is 1. The summed E-state index contributed by atoms with van der Waals surface area (Å²) in [5.41, 5.74) is 2.46. The Balaban J connectivity index is 1.50. The van der Waals surface area contributed by atoms with Crippen molar-refractivity contribution in [2.75, 3.05) is 20.2 Å². The summed E-state index contributed by atoms with van der Waals surface area (Å²) in [6.45, 7) is 3.43. The first-order chi connectivity index (χ1) is 14.1. The van der Waals surface area contributed by atoms with Gasteiger partial charge >= 0.3 is 0 Å². The molecule has 0 spiro atoms. The van der Waals surface area contributed by atoms with Crippen LogP contribution in [0.4, 0.5) is 0 Å². The fraction of sp³-hybridized carbons (Fsp3) is 0.476. The lowest BCUT2D eigenvalue weighted by molar-refractivity contribution is -0.132. The Morgan fingerprint density at radius 3 is 2.72 bits per heavy atom. The molecule has 0 bridgehead atoms. The van der Waals surface area contributed by atoms with E-state index in [2.05, 4.69) is 9.97 Å². The van der Waals surface area contributed by atoms with Gasteiger partial charge in [0, 0.05) is 57.0 Å². The average molecular weight is 395 g/mol. The summed E-state index contributed by atoms with van der Waals surface area (Å²) in [6.07, 6.45) is 7.03. The molecule has 0 saturated carbocycles. The zero-order valence-corrected chi connectivity index (χ0v) is 16.8. The molecular formula is C21H25N5O3. The van der Waals surface area contributed by atoms with Gasteiger partial charge in [0.05, 0.1) is 24.4 Å². The van der Waals surface area contributed by atoms with E-state index in [1.165, 1.54) is 6.20 Å². The van der Waals surface area contributed by atoms with Crippen LogP contribution in [0.25, 0.3) is 0 Å². The van der Waals surface area contributed by atoms with E-state index >= 15 is 0 Å². The molecule has 2 aliphatic rings. The van der Waals surface area contributed by atoms with Crippen LogP contribution in [0.15, 0.2) is 24.5 Å². The minimum Gasteiger partial charge on any atom is -0.481 e. The first-order valence-corrected chi connectivity index (χ1v) is 9.98. The molecule has 8 heteroatoms. The number of likely N-dealkylation sites (tertiary alicyclic amines) is 1. The highest BCUT2D eigenvalue weighted by molar-refractivity contribution is 5.94. The Labute approximate surface area is 169 Å². The quantitative estimate of drug-likeness (QED) is 0.791. The lowest BCUT2D eigenvalue weighted by Crippen LogP contribution is -2.39. The topological polar surface area (TPSA) is 88.5 Å². The third kappa shape index (κ3) is 3.92. The van der Waals surface area contributed by atoms with Gasteiger partial charge in [0.1, 0.15) is 0 Å². The molecule has 0 unspecified atom stereocenters. The molecule has 0 radical (unpaired) electrons. The van der Waals surface area contributed by atoms with Gasteiger partial charge in [0.15, 0.2) is 5.82 Å². The van der Waals surface area contributed by atoms with Gasteiger partial charge in [-0.2, -0.15) is 0 Å². The van der Waals surface area contributed by atoms with Crippen molar-refractivity contribution >= 4 is 11.8 Å². The number of rotatable bonds is 3. The van der Waals surface area contributed by atoms with E-state index < -0.39 is 0 Å². The molecule has 4 rings (SSSR count). The molecule has 0 aromatic carbocycles. The van der Waals surface area contributed by atoms with Crippen LogP contribution >= 0.6 is 0 Å². The fourth-order valence-electron chi connectivity index (χ4n) is 4.05. The minimum absolute atomic E-state index is 0.0448. The second-order valence-electron chi connectivity index (χ2n) is 7.49. The molecule has 1 atom stereocenters. The molecule has 2 aliphatic heterocycles. The smallest absolute Gasteiger partial charge is 0.255 e. The standard InChI is InChI=1S/C21H25N5O3/c1-14(27)26-9-4-3-5-18(26)20-23-12-16-13-25(10-8-17(16)24-20)21(28)15-6-7-19(29-2)22-11-15/h6-7,11-12,18H,3-5,8-10,13H2,1-2H3/t18-/m0/s1. The SMILES string of the molecule is COc1ccc(C(=O)N2CCc3nc([C@@H]4CCCCN4C(C)=O)ncc3C2)cn1. The number of carbonyl (C=O) groups is 2. The second-order valence-corrected chi connectivity index (χ2v) is 7.49. The molecule has 2 aromatic rings. The zero-order valence-electron chi connectivity index (χ0n) is 16.8. The largest absolute Gasteiger partial charge is 0.481 e. The van der Waals surface area contributed by atoms with E-state index in [9.17, 15) is 9.59 Å². The fourth-order valence-corrected chi connectivity index (χ4v) is 4.05. The normalized spacial score (nSPS) is 18.9. The van der Waals surface area contributed by atoms with E-state index in [4.69, 9.17) is 9.72 Å². The lowest BCUT2D eigenvalue weighted by atomic mass is 10.00. The number of hydrogen-bond acceptors (Lipinski definition) is 6. The molecule has 152 valence electrons. The Kier molecular flexibility index (Phi) is 5.42. The number of methoxy groups -OCH3 is 1. The Bertz CT molecular complexity index is 915. The van der Waals surface area contributed by atoms with E-state index in [1.54, 1.807) is 31.1 Å².